The summed E-state index contributed by atoms with van der Waals surface area (Å²) in [6, 6.07) is 5.44. The Morgan fingerprint density at radius 3 is 2.35 bits per heavy atom. The van der Waals surface area contributed by atoms with E-state index in [0.717, 1.165) is 25.2 Å². The van der Waals surface area contributed by atoms with Gasteiger partial charge in [0.2, 0.25) is 0 Å². The van der Waals surface area contributed by atoms with Gasteiger partial charge in [0.1, 0.15) is 0 Å². The number of aromatic nitrogens is 2. The van der Waals surface area contributed by atoms with Crippen molar-refractivity contribution in [2.75, 3.05) is 18.0 Å². The molecule has 2 N–H and O–H groups in total. The average molecular weight is 275 g/mol. The van der Waals surface area contributed by atoms with Crippen molar-refractivity contribution in [2.45, 2.75) is 33.1 Å². The molecule has 2 rings (SSSR count). The Hall–Kier alpha value is -2.04. The third-order valence-electron chi connectivity index (χ3n) is 3.56. The molecular formula is C15H21N3O2. The van der Waals surface area contributed by atoms with Gasteiger partial charge in [-0.05, 0) is 31.5 Å². The number of fused-ring (bicyclic) bond motifs is 1. The second-order valence-corrected chi connectivity index (χ2v) is 4.92. The van der Waals surface area contributed by atoms with E-state index in [9.17, 15) is 9.59 Å². The standard InChI is InChI=1S/C15H21N3O2/c1-3-5-6-9-18(4-2)11-7-8-12-13(10-11)15(20)17-16-14(12)19/h7-8,10H,3-6,9H2,1-2H3,(H,16,19)(H,17,20). The van der Waals surface area contributed by atoms with E-state index in [1.54, 1.807) is 12.1 Å². The molecule has 0 atom stereocenters. The van der Waals surface area contributed by atoms with Gasteiger partial charge < -0.3 is 4.90 Å². The summed E-state index contributed by atoms with van der Waals surface area (Å²) < 4.78 is 0. The molecule has 0 unspecified atom stereocenters. The smallest absolute Gasteiger partial charge is 0.270 e. The molecule has 1 heterocycles. The predicted octanol–water partition coefficient (Wildman–Crippen LogP) is 2.23. The maximum Gasteiger partial charge on any atom is 0.270 e. The van der Waals surface area contributed by atoms with Gasteiger partial charge >= 0.3 is 0 Å². The summed E-state index contributed by atoms with van der Waals surface area (Å²) in [5.74, 6) is 0. The lowest BCUT2D eigenvalue weighted by molar-refractivity contribution is 0.685. The Morgan fingerprint density at radius 2 is 1.70 bits per heavy atom. The lowest BCUT2D eigenvalue weighted by Crippen LogP contribution is -2.25. The normalized spacial score (nSPS) is 10.9. The quantitative estimate of drug-likeness (QED) is 0.794. The Kier molecular flexibility index (Phi) is 4.61. The molecule has 0 saturated heterocycles. The molecule has 0 fully saturated rings. The maximum atomic E-state index is 11.8. The van der Waals surface area contributed by atoms with Crippen LogP contribution < -0.4 is 16.0 Å². The Bertz CT molecular complexity index is 687. The molecule has 0 radical (unpaired) electrons. The summed E-state index contributed by atoms with van der Waals surface area (Å²) in [5, 5.41) is 5.59. The van der Waals surface area contributed by atoms with Crippen molar-refractivity contribution in [3.05, 3.63) is 38.9 Å². The van der Waals surface area contributed by atoms with Crippen molar-refractivity contribution >= 4 is 16.5 Å². The van der Waals surface area contributed by atoms with Gasteiger partial charge in [0.05, 0.1) is 10.8 Å². The summed E-state index contributed by atoms with van der Waals surface area (Å²) >= 11 is 0. The minimum Gasteiger partial charge on any atom is -0.372 e. The summed E-state index contributed by atoms with van der Waals surface area (Å²) in [7, 11) is 0. The second kappa shape index (κ2) is 6.41. The number of hydrogen-bond donors (Lipinski definition) is 2. The van der Waals surface area contributed by atoms with Crippen LogP contribution >= 0.6 is 0 Å². The van der Waals surface area contributed by atoms with Gasteiger partial charge in [-0.2, -0.15) is 0 Å². The number of hydrogen-bond acceptors (Lipinski definition) is 3. The Morgan fingerprint density at radius 1 is 1.00 bits per heavy atom. The van der Waals surface area contributed by atoms with Crippen molar-refractivity contribution in [3.8, 4) is 0 Å². The third kappa shape index (κ3) is 2.92. The molecule has 1 aromatic heterocycles. The zero-order valence-corrected chi connectivity index (χ0v) is 12.0. The molecular weight excluding hydrogens is 254 g/mol. The summed E-state index contributed by atoms with van der Waals surface area (Å²) in [4.78, 5) is 25.7. The van der Waals surface area contributed by atoms with E-state index in [1.807, 2.05) is 6.07 Å². The van der Waals surface area contributed by atoms with E-state index in [4.69, 9.17) is 0 Å². The van der Waals surface area contributed by atoms with Crippen LogP contribution in [0.4, 0.5) is 5.69 Å². The monoisotopic (exact) mass is 275 g/mol. The Labute approximate surface area is 117 Å². The fraction of sp³-hybridized carbons (Fsp3) is 0.467. The van der Waals surface area contributed by atoms with Crippen LogP contribution in [-0.2, 0) is 0 Å². The number of aromatic amines is 2. The van der Waals surface area contributed by atoms with Crippen LogP contribution in [0.5, 0.6) is 0 Å². The first-order valence-corrected chi connectivity index (χ1v) is 7.17. The van der Waals surface area contributed by atoms with E-state index in [1.165, 1.54) is 12.8 Å². The zero-order valence-electron chi connectivity index (χ0n) is 12.0. The fourth-order valence-electron chi connectivity index (χ4n) is 2.39. The molecule has 0 spiro atoms. The van der Waals surface area contributed by atoms with Gasteiger partial charge in [0.25, 0.3) is 11.1 Å². The summed E-state index contributed by atoms with van der Waals surface area (Å²) in [6.07, 6.45) is 3.52. The molecule has 0 aliphatic heterocycles. The zero-order chi connectivity index (χ0) is 14.5. The van der Waals surface area contributed by atoms with Crippen LogP contribution in [0.2, 0.25) is 0 Å². The van der Waals surface area contributed by atoms with Gasteiger partial charge in [0, 0.05) is 18.8 Å². The number of H-pyrrole nitrogens is 2. The van der Waals surface area contributed by atoms with Gasteiger partial charge in [-0.25, -0.2) is 0 Å². The van der Waals surface area contributed by atoms with Crippen molar-refractivity contribution < 1.29 is 0 Å². The number of unbranched alkanes of at least 4 members (excludes halogenated alkanes) is 2. The van der Waals surface area contributed by atoms with E-state index in [2.05, 4.69) is 28.9 Å². The minimum atomic E-state index is -0.264. The molecule has 0 saturated carbocycles. The number of nitrogens with zero attached hydrogens (tertiary/aromatic N) is 1. The largest absolute Gasteiger partial charge is 0.372 e. The lowest BCUT2D eigenvalue weighted by Gasteiger charge is -2.23. The predicted molar refractivity (Wildman–Crippen MR) is 82.6 cm³/mol. The number of nitrogens with one attached hydrogen (secondary N) is 2. The van der Waals surface area contributed by atoms with Crippen LogP contribution in [-0.4, -0.2) is 23.3 Å². The lowest BCUT2D eigenvalue weighted by atomic mass is 10.1. The van der Waals surface area contributed by atoms with E-state index < -0.39 is 0 Å². The molecule has 0 bridgehead atoms. The third-order valence-corrected chi connectivity index (χ3v) is 3.56. The first kappa shape index (κ1) is 14.4. The van der Waals surface area contributed by atoms with Crippen molar-refractivity contribution in [2.24, 2.45) is 0 Å². The Balaban J connectivity index is 2.37. The van der Waals surface area contributed by atoms with E-state index in [-0.39, 0.29) is 11.1 Å². The molecule has 2 aromatic rings. The molecule has 5 heteroatoms. The highest BCUT2D eigenvalue weighted by atomic mass is 16.1. The molecule has 0 aliphatic carbocycles. The van der Waals surface area contributed by atoms with Crippen LogP contribution in [0.3, 0.4) is 0 Å². The molecule has 0 aliphatic rings. The van der Waals surface area contributed by atoms with Crippen molar-refractivity contribution in [1.29, 1.82) is 0 Å². The number of anilines is 1. The maximum absolute atomic E-state index is 11.8. The fourth-order valence-corrected chi connectivity index (χ4v) is 2.39. The van der Waals surface area contributed by atoms with Crippen LogP contribution in [0, 0.1) is 0 Å². The highest BCUT2D eigenvalue weighted by Crippen LogP contribution is 2.18. The molecule has 1 aromatic carbocycles. The molecule has 0 amide bonds. The molecule has 20 heavy (non-hydrogen) atoms. The highest BCUT2D eigenvalue weighted by Gasteiger charge is 2.08. The second-order valence-electron chi connectivity index (χ2n) is 4.92. The number of benzene rings is 1. The van der Waals surface area contributed by atoms with Crippen molar-refractivity contribution in [3.63, 3.8) is 0 Å². The number of rotatable bonds is 6. The SMILES string of the molecule is CCCCCN(CC)c1ccc2c(=O)[nH][nH]c(=O)c2c1. The van der Waals surface area contributed by atoms with Gasteiger partial charge in [-0.1, -0.05) is 19.8 Å². The summed E-state index contributed by atoms with van der Waals surface area (Å²) in [5.41, 5.74) is 0.471. The van der Waals surface area contributed by atoms with Crippen LogP contribution in [0.25, 0.3) is 10.8 Å². The minimum absolute atomic E-state index is 0.258. The first-order valence-electron chi connectivity index (χ1n) is 7.17. The van der Waals surface area contributed by atoms with Gasteiger partial charge in [-0.15, -0.1) is 0 Å². The van der Waals surface area contributed by atoms with Crippen LogP contribution in [0.1, 0.15) is 33.1 Å². The average Bonchev–Trinajstić information content (AvgIpc) is 2.47. The van der Waals surface area contributed by atoms with Crippen molar-refractivity contribution in [1.82, 2.24) is 10.2 Å². The van der Waals surface area contributed by atoms with E-state index in [0.29, 0.717) is 10.8 Å². The summed E-state index contributed by atoms with van der Waals surface area (Å²) in [6.45, 7) is 6.13. The van der Waals surface area contributed by atoms with Gasteiger partial charge in [0.15, 0.2) is 0 Å². The molecule has 108 valence electrons. The van der Waals surface area contributed by atoms with Gasteiger partial charge in [-0.3, -0.25) is 19.8 Å². The van der Waals surface area contributed by atoms with E-state index >= 15 is 0 Å². The van der Waals surface area contributed by atoms with Crippen LogP contribution in [0.15, 0.2) is 27.8 Å². The highest BCUT2D eigenvalue weighted by molar-refractivity contribution is 5.84. The molecule has 5 nitrogen and oxygen atoms in total. The first-order chi connectivity index (χ1) is 9.67. The topological polar surface area (TPSA) is 69.0 Å².